The molecule has 1 aromatic carbocycles. The van der Waals surface area contributed by atoms with E-state index in [0.29, 0.717) is 5.92 Å². The van der Waals surface area contributed by atoms with Gasteiger partial charge in [0.15, 0.2) is 11.1 Å². The largest absolute Gasteiger partial charge is 0.356 e. The standard InChI is InChI=1S/C21H32N6S/c1-16(2)14-27-19(24-25-21(27)28-4)10-7-12-23-20(22-3)26-13-11-17-8-5-6-9-18(17)15-26/h5-6,8-9,16H,7,10-15H2,1-4H3,(H,22,23). The Morgan fingerprint density at radius 2 is 2.04 bits per heavy atom. The molecule has 0 aliphatic carbocycles. The summed E-state index contributed by atoms with van der Waals surface area (Å²) in [6.07, 6.45) is 5.07. The number of guanidine groups is 1. The van der Waals surface area contributed by atoms with E-state index in [0.717, 1.165) is 62.4 Å². The van der Waals surface area contributed by atoms with Crippen LogP contribution in [-0.2, 0) is 25.9 Å². The van der Waals surface area contributed by atoms with Gasteiger partial charge in [-0.25, -0.2) is 0 Å². The molecular weight excluding hydrogens is 368 g/mol. The molecule has 0 unspecified atom stereocenters. The van der Waals surface area contributed by atoms with Gasteiger partial charge in [0.25, 0.3) is 0 Å². The first-order chi connectivity index (χ1) is 13.6. The van der Waals surface area contributed by atoms with Gasteiger partial charge in [-0.2, -0.15) is 0 Å². The first-order valence-corrected chi connectivity index (χ1v) is 11.3. The van der Waals surface area contributed by atoms with Crippen molar-refractivity contribution >= 4 is 17.7 Å². The lowest BCUT2D eigenvalue weighted by Crippen LogP contribution is -2.44. The molecule has 0 saturated heterocycles. The van der Waals surface area contributed by atoms with Crippen molar-refractivity contribution in [3.63, 3.8) is 0 Å². The van der Waals surface area contributed by atoms with E-state index < -0.39 is 0 Å². The summed E-state index contributed by atoms with van der Waals surface area (Å²) >= 11 is 1.67. The number of aryl methyl sites for hydroxylation is 1. The van der Waals surface area contributed by atoms with E-state index in [1.165, 1.54) is 11.1 Å². The van der Waals surface area contributed by atoms with E-state index in [2.05, 4.69) is 74.3 Å². The second-order valence-electron chi connectivity index (χ2n) is 7.63. The quantitative estimate of drug-likeness (QED) is 0.335. The molecule has 28 heavy (non-hydrogen) atoms. The van der Waals surface area contributed by atoms with E-state index >= 15 is 0 Å². The number of hydrogen-bond donors (Lipinski definition) is 1. The summed E-state index contributed by atoms with van der Waals surface area (Å²) in [7, 11) is 1.87. The Bertz CT molecular complexity index is 798. The molecule has 0 bridgehead atoms. The summed E-state index contributed by atoms with van der Waals surface area (Å²) < 4.78 is 2.27. The number of nitrogens with one attached hydrogen (secondary N) is 1. The lowest BCUT2D eigenvalue weighted by molar-refractivity contribution is 0.378. The minimum Gasteiger partial charge on any atom is -0.356 e. The number of aliphatic imine (C=N–C) groups is 1. The van der Waals surface area contributed by atoms with E-state index in [1.807, 2.05) is 7.05 Å². The maximum atomic E-state index is 4.50. The van der Waals surface area contributed by atoms with Gasteiger partial charge >= 0.3 is 0 Å². The maximum absolute atomic E-state index is 4.50. The fraction of sp³-hybridized carbons (Fsp3) is 0.571. The number of thioether (sulfide) groups is 1. The van der Waals surface area contributed by atoms with E-state index in [-0.39, 0.29) is 0 Å². The monoisotopic (exact) mass is 400 g/mol. The van der Waals surface area contributed by atoms with Crippen LogP contribution in [0.2, 0.25) is 0 Å². The van der Waals surface area contributed by atoms with Crippen molar-refractivity contribution in [1.29, 1.82) is 0 Å². The average Bonchev–Trinajstić information content (AvgIpc) is 3.08. The molecule has 6 nitrogen and oxygen atoms in total. The number of hydrogen-bond acceptors (Lipinski definition) is 4. The van der Waals surface area contributed by atoms with Crippen LogP contribution in [0.25, 0.3) is 0 Å². The minimum absolute atomic E-state index is 0.583. The third-order valence-corrected chi connectivity index (χ3v) is 5.69. The molecule has 3 rings (SSSR count). The van der Waals surface area contributed by atoms with Crippen molar-refractivity contribution in [3.05, 3.63) is 41.2 Å². The van der Waals surface area contributed by atoms with Gasteiger partial charge in [-0.1, -0.05) is 49.9 Å². The molecule has 0 fully saturated rings. The van der Waals surface area contributed by atoms with Gasteiger partial charge in [-0.3, -0.25) is 4.99 Å². The van der Waals surface area contributed by atoms with Crippen LogP contribution in [0.15, 0.2) is 34.4 Å². The summed E-state index contributed by atoms with van der Waals surface area (Å²) in [6.45, 7) is 8.26. The molecule has 0 atom stereocenters. The Hall–Kier alpha value is -2.02. The van der Waals surface area contributed by atoms with Gasteiger partial charge in [0, 0.05) is 39.6 Å². The zero-order valence-electron chi connectivity index (χ0n) is 17.5. The summed E-state index contributed by atoms with van der Waals surface area (Å²) in [6, 6.07) is 8.70. The lowest BCUT2D eigenvalue weighted by atomic mass is 10.0. The van der Waals surface area contributed by atoms with Gasteiger partial charge < -0.3 is 14.8 Å². The van der Waals surface area contributed by atoms with E-state index in [4.69, 9.17) is 0 Å². The van der Waals surface area contributed by atoms with Crippen molar-refractivity contribution in [1.82, 2.24) is 25.0 Å². The highest BCUT2D eigenvalue weighted by Crippen LogP contribution is 2.19. The molecule has 0 radical (unpaired) electrons. The normalized spacial score (nSPS) is 14.5. The van der Waals surface area contributed by atoms with Crippen molar-refractivity contribution in [2.45, 2.75) is 51.4 Å². The molecule has 7 heteroatoms. The van der Waals surface area contributed by atoms with Crippen LogP contribution in [0.4, 0.5) is 0 Å². The van der Waals surface area contributed by atoms with Crippen LogP contribution >= 0.6 is 11.8 Å². The Morgan fingerprint density at radius 3 is 2.75 bits per heavy atom. The maximum Gasteiger partial charge on any atom is 0.193 e. The first kappa shape index (κ1) is 20.7. The van der Waals surface area contributed by atoms with E-state index in [9.17, 15) is 0 Å². The smallest absolute Gasteiger partial charge is 0.193 e. The first-order valence-electron chi connectivity index (χ1n) is 10.1. The van der Waals surface area contributed by atoms with Crippen molar-refractivity contribution in [2.24, 2.45) is 10.9 Å². The van der Waals surface area contributed by atoms with Crippen molar-refractivity contribution < 1.29 is 0 Å². The Labute approximate surface area is 172 Å². The fourth-order valence-corrected chi connectivity index (χ4v) is 4.18. The highest BCUT2D eigenvalue weighted by molar-refractivity contribution is 7.98. The molecule has 0 amide bonds. The van der Waals surface area contributed by atoms with Gasteiger partial charge in [0.2, 0.25) is 0 Å². The third-order valence-electron chi connectivity index (χ3n) is 5.03. The number of fused-ring (bicyclic) bond motifs is 1. The van der Waals surface area contributed by atoms with Gasteiger partial charge in [0.1, 0.15) is 5.82 Å². The number of aromatic nitrogens is 3. The average molecular weight is 401 g/mol. The molecule has 0 saturated carbocycles. The summed E-state index contributed by atoms with van der Waals surface area (Å²) in [4.78, 5) is 6.84. The SMILES string of the molecule is CN=C(NCCCc1nnc(SC)n1CC(C)C)N1CCc2ccccc2C1. The summed E-state index contributed by atoms with van der Waals surface area (Å²) in [5.41, 5.74) is 2.87. The van der Waals surface area contributed by atoms with Gasteiger partial charge in [-0.15, -0.1) is 10.2 Å². The zero-order chi connectivity index (χ0) is 19.9. The highest BCUT2D eigenvalue weighted by Gasteiger charge is 2.18. The zero-order valence-corrected chi connectivity index (χ0v) is 18.3. The molecule has 2 aromatic rings. The highest BCUT2D eigenvalue weighted by atomic mass is 32.2. The molecule has 152 valence electrons. The van der Waals surface area contributed by atoms with Crippen LogP contribution < -0.4 is 5.32 Å². The minimum atomic E-state index is 0.583. The van der Waals surface area contributed by atoms with Gasteiger partial charge in [-0.05, 0) is 36.1 Å². The molecule has 1 aliphatic rings. The molecule has 0 spiro atoms. The fourth-order valence-electron chi connectivity index (χ4n) is 3.66. The molecular formula is C21H32N6S. The summed E-state index contributed by atoms with van der Waals surface area (Å²) in [5, 5.41) is 13.3. The van der Waals surface area contributed by atoms with Crippen LogP contribution in [0.5, 0.6) is 0 Å². The predicted octanol–water partition coefficient (Wildman–Crippen LogP) is 3.22. The Morgan fingerprint density at radius 1 is 1.25 bits per heavy atom. The molecule has 1 aliphatic heterocycles. The Kier molecular flexibility index (Phi) is 7.36. The predicted molar refractivity (Wildman–Crippen MR) is 117 cm³/mol. The van der Waals surface area contributed by atoms with E-state index in [1.54, 1.807) is 11.8 Å². The third kappa shape index (κ3) is 5.07. The molecule has 1 aromatic heterocycles. The number of benzene rings is 1. The molecule has 2 heterocycles. The lowest BCUT2D eigenvalue weighted by Gasteiger charge is -2.31. The Balaban J connectivity index is 1.52. The van der Waals surface area contributed by atoms with Crippen LogP contribution in [0, 0.1) is 5.92 Å². The van der Waals surface area contributed by atoms with Crippen molar-refractivity contribution in [2.75, 3.05) is 26.4 Å². The molecule has 1 N–H and O–H groups in total. The second kappa shape index (κ2) is 9.96. The number of rotatable bonds is 7. The topological polar surface area (TPSA) is 58.3 Å². The summed E-state index contributed by atoms with van der Waals surface area (Å²) in [5.74, 6) is 2.66. The van der Waals surface area contributed by atoms with Crippen LogP contribution in [0.1, 0.15) is 37.2 Å². The van der Waals surface area contributed by atoms with Crippen molar-refractivity contribution in [3.8, 4) is 0 Å². The van der Waals surface area contributed by atoms with Crippen LogP contribution in [-0.4, -0.2) is 52.0 Å². The second-order valence-corrected chi connectivity index (χ2v) is 8.40. The van der Waals surface area contributed by atoms with Gasteiger partial charge in [0.05, 0.1) is 0 Å². The van der Waals surface area contributed by atoms with Crippen LogP contribution in [0.3, 0.4) is 0 Å². The number of nitrogens with zero attached hydrogens (tertiary/aromatic N) is 5.